The molecule has 0 unspecified atom stereocenters. The molecule has 9 heteroatoms. The van der Waals surface area contributed by atoms with Gasteiger partial charge in [-0.15, -0.1) is 0 Å². The predicted molar refractivity (Wildman–Crippen MR) is 173 cm³/mol. The van der Waals surface area contributed by atoms with E-state index in [2.05, 4.69) is 67.2 Å². The zero-order chi connectivity index (χ0) is 29.9. The maximum atomic E-state index is 9.16. The van der Waals surface area contributed by atoms with Crippen molar-refractivity contribution in [2.24, 2.45) is 0 Å². The summed E-state index contributed by atoms with van der Waals surface area (Å²) in [5.41, 5.74) is 13.4. The zero-order valence-corrected chi connectivity index (χ0v) is 24.1. The molecule has 0 amide bonds. The van der Waals surface area contributed by atoms with Crippen LogP contribution in [0.5, 0.6) is 0 Å². The monoisotopic (exact) mass is 577 g/mol. The molecule has 3 N–H and O–H groups in total. The van der Waals surface area contributed by atoms with Crippen LogP contribution in [0.2, 0.25) is 0 Å². The summed E-state index contributed by atoms with van der Waals surface area (Å²) in [6.07, 6.45) is 5.40. The SMILES string of the molecule is N#Cc1ccnc(NC2CCN(Cc3ccc(-n4c(-c5cccnc5N)nc5ccc(-c6ccccc6)nc54)cc3)CC2)c1. The first-order valence-corrected chi connectivity index (χ1v) is 14.7. The van der Waals surface area contributed by atoms with Gasteiger partial charge in [-0.05, 0) is 66.9 Å². The first-order valence-electron chi connectivity index (χ1n) is 14.7. The molecule has 1 fully saturated rings. The number of nitrogens with zero attached hydrogens (tertiary/aromatic N) is 7. The Morgan fingerprint density at radius 3 is 2.45 bits per heavy atom. The molecule has 0 aliphatic carbocycles. The Labute approximate surface area is 255 Å². The van der Waals surface area contributed by atoms with Crippen molar-refractivity contribution < 1.29 is 0 Å². The zero-order valence-electron chi connectivity index (χ0n) is 24.1. The predicted octanol–water partition coefficient (Wildman–Crippen LogP) is 6.07. The Balaban J connectivity index is 1.13. The van der Waals surface area contributed by atoms with Gasteiger partial charge in [-0.3, -0.25) is 9.47 Å². The number of nitrogens with one attached hydrogen (secondary N) is 1. The summed E-state index contributed by atoms with van der Waals surface area (Å²) in [4.78, 5) is 21.2. The third kappa shape index (κ3) is 5.59. The van der Waals surface area contributed by atoms with E-state index in [0.717, 1.165) is 72.0 Å². The highest BCUT2D eigenvalue weighted by Crippen LogP contribution is 2.32. The smallest absolute Gasteiger partial charge is 0.165 e. The first-order chi connectivity index (χ1) is 21.6. The molecule has 216 valence electrons. The van der Waals surface area contributed by atoms with Crippen molar-refractivity contribution in [3.8, 4) is 34.4 Å². The summed E-state index contributed by atoms with van der Waals surface area (Å²) in [6.45, 7) is 2.85. The molecule has 1 aliphatic rings. The highest BCUT2D eigenvalue weighted by Gasteiger charge is 2.21. The molecular formula is C35H31N9. The molecule has 6 aromatic rings. The van der Waals surface area contributed by atoms with E-state index in [1.807, 2.05) is 48.5 Å². The molecule has 0 saturated carbocycles. The van der Waals surface area contributed by atoms with E-state index in [0.29, 0.717) is 23.2 Å². The number of hydrogen-bond donors (Lipinski definition) is 2. The Bertz CT molecular complexity index is 1950. The second-order valence-corrected chi connectivity index (χ2v) is 11.0. The number of benzene rings is 2. The Morgan fingerprint density at radius 2 is 1.68 bits per heavy atom. The number of piperidine rings is 1. The van der Waals surface area contributed by atoms with Crippen LogP contribution >= 0.6 is 0 Å². The summed E-state index contributed by atoms with van der Waals surface area (Å²) in [7, 11) is 0. The van der Waals surface area contributed by atoms with Gasteiger partial charge in [0.25, 0.3) is 0 Å². The van der Waals surface area contributed by atoms with Crippen LogP contribution in [-0.2, 0) is 6.54 Å². The standard InChI is InChI=1S/C35H31N9/c36-22-25-14-18-38-32(21-25)40-27-15-19-43(20-16-27)23-24-8-10-28(11-9-24)44-34(29-7-4-17-39-33(29)37)42-31-13-12-30(41-35(31)44)26-5-2-1-3-6-26/h1-14,17-18,21,27H,15-16,19-20,23H2,(H2,37,39)(H,38,40). The van der Waals surface area contributed by atoms with Gasteiger partial charge in [0.2, 0.25) is 0 Å². The van der Waals surface area contributed by atoms with Crippen molar-refractivity contribution in [1.29, 1.82) is 5.26 Å². The number of imidazole rings is 1. The van der Waals surface area contributed by atoms with E-state index < -0.39 is 0 Å². The first kappa shape index (κ1) is 27.3. The highest BCUT2D eigenvalue weighted by molar-refractivity contribution is 5.84. The minimum atomic E-state index is 0.344. The van der Waals surface area contributed by atoms with Crippen LogP contribution in [0.25, 0.3) is 39.5 Å². The van der Waals surface area contributed by atoms with Gasteiger partial charge in [-0.2, -0.15) is 5.26 Å². The van der Waals surface area contributed by atoms with Gasteiger partial charge >= 0.3 is 0 Å². The molecule has 7 rings (SSSR count). The molecule has 0 radical (unpaired) electrons. The van der Waals surface area contributed by atoms with E-state index in [-0.39, 0.29) is 0 Å². The maximum Gasteiger partial charge on any atom is 0.165 e. The second-order valence-electron chi connectivity index (χ2n) is 11.0. The molecule has 44 heavy (non-hydrogen) atoms. The van der Waals surface area contributed by atoms with Crippen LogP contribution in [0.4, 0.5) is 11.6 Å². The van der Waals surface area contributed by atoms with Crippen LogP contribution in [0.1, 0.15) is 24.0 Å². The van der Waals surface area contributed by atoms with Crippen molar-refractivity contribution in [3.63, 3.8) is 0 Å². The number of fused-ring (bicyclic) bond motifs is 1. The summed E-state index contributed by atoms with van der Waals surface area (Å²) >= 11 is 0. The molecule has 0 bridgehead atoms. The maximum absolute atomic E-state index is 9.16. The van der Waals surface area contributed by atoms with Crippen molar-refractivity contribution in [2.75, 3.05) is 24.1 Å². The van der Waals surface area contributed by atoms with Crippen LogP contribution in [0.15, 0.2) is 103 Å². The minimum Gasteiger partial charge on any atom is -0.383 e. The molecule has 1 saturated heterocycles. The summed E-state index contributed by atoms with van der Waals surface area (Å²) in [5, 5.41) is 12.7. The third-order valence-electron chi connectivity index (χ3n) is 8.08. The van der Waals surface area contributed by atoms with Crippen molar-refractivity contribution in [2.45, 2.75) is 25.4 Å². The van der Waals surface area contributed by atoms with Gasteiger partial charge in [0.15, 0.2) is 11.5 Å². The van der Waals surface area contributed by atoms with E-state index in [1.54, 1.807) is 18.5 Å². The van der Waals surface area contributed by atoms with Crippen LogP contribution in [0, 0.1) is 11.3 Å². The number of likely N-dealkylation sites (tertiary alicyclic amines) is 1. The molecule has 4 aromatic heterocycles. The number of nitriles is 1. The average Bonchev–Trinajstić information content (AvgIpc) is 3.45. The lowest BCUT2D eigenvalue weighted by atomic mass is 10.0. The molecule has 2 aromatic carbocycles. The third-order valence-corrected chi connectivity index (χ3v) is 8.08. The van der Waals surface area contributed by atoms with Gasteiger partial charge in [0.05, 0.1) is 22.9 Å². The molecule has 0 spiro atoms. The van der Waals surface area contributed by atoms with Crippen LogP contribution < -0.4 is 11.1 Å². The summed E-state index contributed by atoms with van der Waals surface area (Å²) in [5.74, 6) is 1.90. The fourth-order valence-electron chi connectivity index (χ4n) is 5.79. The van der Waals surface area contributed by atoms with Gasteiger partial charge < -0.3 is 11.1 Å². The van der Waals surface area contributed by atoms with Gasteiger partial charge in [-0.1, -0.05) is 42.5 Å². The van der Waals surface area contributed by atoms with Gasteiger partial charge in [0.1, 0.15) is 17.2 Å². The van der Waals surface area contributed by atoms with Crippen LogP contribution in [0.3, 0.4) is 0 Å². The van der Waals surface area contributed by atoms with Gasteiger partial charge in [0, 0.05) is 49.3 Å². The van der Waals surface area contributed by atoms with Gasteiger partial charge in [-0.25, -0.2) is 19.9 Å². The number of pyridine rings is 3. The Kier molecular flexibility index (Phi) is 7.41. The number of hydrogen-bond acceptors (Lipinski definition) is 8. The number of anilines is 2. The Hall–Kier alpha value is -5.59. The number of rotatable bonds is 7. The fourth-order valence-corrected chi connectivity index (χ4v) is 5.79. The van der Waals surface area contributed by atoms with Crippen molar-refractivity contribution in [3.05, 3.63) is 115 Å². The molecule has 0 atom stereocenters. The fraction of sp³-hybridized carbons (Fsp3) is 0.171. The number of aromatic nitrogens is 5. The lowest BCUT2D eigenvalue weighted by molar-refractivity contribution is 0.211. The topological polar surface area (TPSA) is 122 Å². The molecule has 1 aliphatic heterocycles. The lowest BCUT2D eigenvalue weighted by Crippen LogP contribution is -2.38. The van der Waals surface area contributed by atoms with E-state index >= 15 is 0 Å². The molecular weight excluding hydrogens is 546 g/mol. The highest BCUT2D eigenvalue weighted by atomic mass is 15.2. The quantitative estimate of drug-likeness (QED) is 0.234. The summed E-state index contributed by atoms with van der Waals surface area (Å²) < 4.78 is 2.07. The average molecular weight is 578 g/mol. The second kappa shape index (κ2) is 12.0. The normalized spacial score (nSPS) is 14.0. The van der Waals surface area contributed by atoms with Crippen molar-refractivity contribution >= 4 is 22.8 Å². The summed E-state index contributed by atoms with van der Waals surface area (Å²) in [6, 6.07) is 32.7. The van der Waals surface area contributed by atoms with E-state index in [4.69, 9.17) is 21.0 Å². The number of nitrogens with two attached hydrogens (primary N) is 1. The van der Waals surface area contributed by atoms with E-state index in [9.17, 15) is 0 Å². The Morgan fingerprint density at radius 1 is 0.864 bits per heavy atom. The van der Waals surface area contributed by atoms with Crippen molar-refractivity contribution in [1.82, 2.24) is 29.4 Å². The lowest BCUT2D eigenvalue weighted by Gasteiger charge is -2.32. The largest absolute Gasteiger partial charge is 0.383 e. The van der Waals surface area contributed by atoms with E-state index in [1.165, 1.54) is 5.56 Å². The van der Waals surface area contributed by atoms with Crippen LogP contribution in [-0.4, -0.2) is 48.5 Å². The number of nitrogen functional groups attached to an aromatic ring is 1. The molecule has 5 heterocycles. The minimum absolute atomic E-state index is 0.344. The molecule has 9 nitrogen and oxygen atoms in total.